The summed E-state index contributed by atoms with van der Waals surface area (Å²) in [4.78, 5) is 16.4. The van der Waals surface area contributed by atoms with Gasteiger partial charge in [-0.3, -0.25) is 10.00 Å². The second-order valence-corrected chi connectivity index (χ2v) is 5.77. The van der Waals surface area contributed by atoms with E-state index in [9.17, 15) is 4.79 Å². The number of urea groups is 1. The first-order valence-electron chi connectivity index (χ1n) is 6.48. The third-order valence-electron chi connectivity index (χ3n) is 3.26. The largest absolute Gasteiger partial charge is 0.325 e. The summed E-state index contributed by atoms with van der Waals surface area (Å²) in [6.45, 7) is 3.77. The van der Waals surface area contributed by atoms with E-state index in [4.69, 9.17) is 0 Å². The molecule has 0 radical (unpaired) electrons. The SMILES string of the molecule is Cc1nn(C)c(C)c1NC(=O)Nc1nc2ccccc2s1. The summed E-state index contributed by atoms with van der Waals surface area (Å²) in [5.41, 5.74) is 3.31. The molecule has 1 aromatic carbocycles. The van der Waals surface area contributed by atoms with E-state index in [0.29, 0.717) is 5.13 Å². The van der Waals surface area contributed by atoms with Crippen LogP contribution >= 0.6 is 11.3 Å². The molecular weight excluding hydrogens is 286 g/mol. The van der Waals surface area contributed by atoms with Crippen molar-refractivity contribution >= 4 is 38.4 Å². The van der Waals surface area contributed by atoms with Crippen LogP contribution in [0.25, 0.3) is 10.2 Å². The minimum atomic E-state index is -0.312. The van der Waals surface area contributed by atoms with Crippen LogP contribution in [0.4, 0.5) is 15.6 Å². The molecule has 0 aliphatic carbocycles. The fourth-order valence-corrected chi connectivity index (χ4v) is 2.98. The van der Waals surface area contributed by atoms with Gasteiger partial charge < -0.3 is 5.32 Å². The van der Waals surface area contributed by atoms with Gasteiger partial charge in [-0.25, -0.2) is 9.78 Å². The molecular formula is C14H15N5OS. The van der Waals surface area contributed by atoms with Crippen LogP contribution in [0, 0.1) is 13.8 Å². The number of carbonyl (C=O) groups excluding carboxylic acids is 1. The van der Waals surface area contributed by atoms with Crippen LogP contribution in [0.15, 0.2) is 24.3 Å². The van der Waals surface area contributed by atoms with Crippen LogP contribution < -0.4 is 10.6 Å². The lowest BCUT2D eigenvalue weighted by Gasteiger charge is -2.05. The maximum absolute atomic E-state index is 12.1. The molecule has 3 aromatic rings. The van der Waals surface area contributed by atoms with Gasteiger partial charge in [-0.1, -0.05) is 23.5 Å². The Morgan fingerprint density at radius 2 is 2.00 bits per heavy atom. The van der Waals surface area contributed by atoms with Crippen molar-refractivity contribution in [2.45, 2.75) is 13.8 Å². The average molecular weight is 301 g/mol. The molecule has 2 amide bonds. The summed E-state index contributed by atoms with van der Waals surface area (Å²) < 4.78 is 2.78. The Hall–Kier alpha value is -2.41. The van der Waals surface area contributed by atoms with Crippen LogP contribution in [-0.4, -0.2) is 20.8 Å². The molecule has 6 nitrogen and oxygen atoms in total. The minimum absolute atomic E-state index is 0.312. The van der Waals surface area contributed by atoms with Crippen molar-refractivity contribution in [3.63, 3.8) is 0 Å². The first-order valence-corrected chi connectivity index (χ1v) is 7.30. The molecule has 0 aliphatic rings. The molecule has 2 aromatic heterocycles. The molecule has 21 heavy (non-hydrogen) atoms. The maximum atomic E-state index is 12.1. The number of hydrogen-bond donors (Lipinski definition) is 2. The summed E-state index contributed by atoms with van der Waals surface area (Å²) in [6, 6.07) is 7.46. The number of rotatable bonds is 2. The van der Waals surface area contributed by atoms with Gasteiger partial charge >= 0.3 is 6.03 Å². The van der Waals surface area contributed by atoms with E-state index < -0.39 is 0 Å². The predicted octanol–water partition coefficient (Wildman–Crippen LogP) is 3.29. The zero-order valence-electron chi connectivity index (χ0n) is 12.0. The zero-order chi connectivity index (χ0) is 15.0. The van der Waals surface area contributed by atoms with Crippen molar-refractivity contribution < 1.29 is 4.79 Å². The second-order valence-electron chi connectivity index (χ2n) is 4.74. The van der Waals surface area contributed by atoms with Crippen LogP contribution in [0.5, 0.6) is 0 Å². The molecule has 0 saturated carbocycles. The number of hydrogen-bond acceptors (Lipinski definition) is 4. The van der Waals surface area contributed by atoms with Gasteiger partial charge in [0.15, 0.2) is 5.13 Å². The highest BCUT2D eigenvalue weighted by Gasteiger charge is 2.13. The number of anilines is 2. The van der Waals surface area contributed by atoms with Gasteiger partial charge in [-0.15, -0.1) is 0 Å². The fraction of sp³-hybridized carbons (Fsp3) is 0.214. The number of carbonyl (C=O) groups is 1. The van der Waals surface area contributed by atoms with Gasteiger partial charge in [0.2, 0.25) is 0 Å². The Balaban J connectivity index is 1.77. The summed E-state index contributed by atoms with van der Waals surface area (Å²) in [7, 11) is 1.85. The molecule has 2 N–H and O–H groups in total. The molecule has 108 valence electrons. The number of thiazole rings is 1. The molecule has 0 saturated heterocycles. The minimum Gasteiger partial charge on any atom is -0.304 e. The Labute approximate surface area is 125 Å². The third-order valence-corrected chi connectivity index (χ3v) is 4.21. The lowest BCUT2D eigenvalue weighted by atomic mass is 10.3. The predicted molar refractivity (Wildman–Crippen MR) is 84.9 cm³/mol. The third kappa shape index (κ3) is 2.59. The number of benzene rings is 1. The van der Waals surface area contributed by atoms with E-state index in [2.05, 4.69) is 20.7 Å². The average Bonchev–Trinajstić information content (AvgIpc) is 2.94. The number of para-hydroxylation sites is 1. The first-order chi connectivity index (χ1) is 10.0. The quantitative estimate of drug-likeness (QED) is 0.763. The first kappa shape index (κ1) is 13.6. The van der Waals surface area contributed by atoms with Crippen LogP contribution in [0.3, 0.4) is 0 Å². The summed E-state index contributed by atoms with van der Waals surface area (Å²) in [6.07, 6.45) is 0. The number of aromatic nitrogens is 3. The van der Waals surface area contributed by atoms with E-state index >= 15 is 0 Å². The highest BCUT2D eigenvalue weighted by molar-refractivity contribution is 7.22. The Bertz CT molecular complexity index is 787. The van der Waals surface area contributed by atoms with E-state index in [1.807, 2.05) is 45.2 Å². The maximum Gasteiger partial charge on any atom is 0.325 e. The molecule has 2 heterocycles. The Morgan fingerprint density at radius 1 is 1.24 bits per heavy atom. The van der Waals surface area contributed by atoms with Gasteiger partial charge in [-0.2, -0.15) is 5.10 Å². The fourth-order valence-electron chi connectivity index (χ4n) is 2.12. The molecule has 0 fully saturated rings. The van der Waals surface area contributed by atoms with Gasteiger partial charge in [-0.05, 0) is 26.0 Å². The number of amides is 2. The normalized spacial score (nSPS) is 10.8. The summed E-state index contributed by atoms with van der Waals surface area (Å²) in [5, 5.41) is 10.4. The van der Waals surface area contributed by atoms with Crippen molar-refractivity contribution in [2.75, 3.05) is 10.6 Å². The van der Waals surface area contributed by atoms with Crippen molar-refractivity contribution in [3.8, 4) is 0 Å². The van der Waals surface area contributed by atoms with E-state index in [1.54, 1.807) is 4.68 Å². The standard InChI is InChI=1S/C14H15N5OS/c1-8-12(9(2)19(3)18-8)16-13(20)17-14-15-10-6-4-5-7-11(10)21-14/h4-7H,1-3H3,(H2,15,16,17,20). The highest BCUT2D eigenvalue weighted by Crippen LogP contribution is 2.25. The molecule has 0 unspecified atom stereocenters. The number of nitrogens with one attached hydrogen (secondary N) is 2. The molecule has 3 rings (SSSR count). The molecule has 0 atom stereocenters. The monoisotopic (exact) mass is 301 g/mol. The molecule has 0 spiro atoms. The van der Waals surface area contributed by atoms with Gasteiger partial charge in [0, 0.05) is 7.05 Å². The van der Waals surface area contributed by atoms with Gasteiger partial charge in [0.25, 0.3) is 0 Å². The van der Waals surface area contributed by atoms with E-state index in [1.165, 1.54) is 11.3 Å². The highest BCUT2D eigenvalue weighted by atomic mass is 32.1. The van der Waals surface area contributed by atoms with Crippen molar-refractivity contribution in [1.29, 1.82) is 0 Å². The van der Waals surface area contributed by atoms with Gasteiger partial charge in [0.05, 0.1) is 27.3 Å². The summed E-state index contributed by atoms with van der Waals surface area (Å²) in [5.74, 6) is 0. The smallest absolute Gasteiger partial charge is 0.304 e. The van der Waals surface area contributed by atoms with E-state index in [0.717, 1.165) is 27.3 Å². The molecule has 0 bridgehead atoms. The van der Waals surface area contributed by atoms with Crippen molar-refractivity contribution in [3.05, 3.63) is 35.7 Å². The number of aryl methyl sites for hydroxylation is 2. The van der Waals surface area contributed by atoms with Crippen molar-refractivity contribution in [2.24, 2.45) is 7.05 Å². The topological polar surface area (TPSA) is 71.8 Å². The van der Waals surface area contributed by atoms with Crippen LogP contribution in [0.2, 0.25) is 0 Å². The van der Waals surface area contributed by atoms with Crippen molar-refractivity contribution in [1.82, 2.24) is 14.8 Å². The van der Waals surface area contributed by atoms with Crippen LogP contribution in [0.1, 0.15) is 11.4 Å². The van der Waals surface area contributed by atoms with E-state index in [-0.39, 0.29) is 6.03 Å². The molecule has 7 heteroatoms. The zero-order valence-corrected chi connectivity index (χ0v) is 12.8. The number of nitrogens with zero attached hydrogens (tertiary/aromatic N) is 3. The second kappa shape index (κ2) is 5.17. The molecule has 0 aliphatic heterocycles. The number of fused-ring (bicyclic) bond motifs is 1. The Morgan fingerprint density at radius 3 is 2.67 bits per heavy atom. The lowest BCUT2D eigenvalue weighted by Crippen LogP contribution is -2.20. The lowest BCUT2D eigenvalue weighted by molar-refractivity contribution is 0.262. The van der Waals surface area contributed by atoms with Crippen LogP contribution in [-0.2, 0) is 7.05 Å². The Kier molecular flexibility index (Phi) is 3.34. The van der Waals surface area contributed by atoms with Gasteiger partial charge in [0.1, 0.15) is 0 Å². The summed E-state index contributed by atoms with van der Waals surface area (Å²) >= 11 is 1.45.